The van der Waals surface area contributed by atoms with Gasteiger partial charge in [-0.05, 0) is 18.4 Å². The second kappa shape index (κ2) is 14.8. The van der Waals surface area contributed by atoms with Crippen molar-refractivity contribution in [3.05, 3.63) is 71.3 Å². The predicted molar refractivity (Wildman–Crippen MR) is 148 cm³/mol. The molecule has 0 bridgehead atoms. The Morgan fingerprint density at radius 3 is 2.14 bits per heavy atom. The topological polar surface area (TPSA) is 102 Å². The van der Waals surface area contributed by atoms with Gasteiger partial charge in [-0.1, -0.05) is 54.6 Å². The van der Waals surface area contributed by atoms with Gasteiger partial charge in [-0.2, -0.15) is 38.1 Å². The van der Waals surface area contributed by atoms with Crippen LogP contribution in [0, 0.1) is 11.8 Å². The number of carbonyl (C=O) groups is 3. The molecule has 0 fully saturated rings. The molecule has 1 aliphatic heterocycles. The molecule has 3 atom stereocenters. The zero-order valence-electron chi connectivity index (χ0n) is 22.5. The fourth-order valence-corrected chi connectivity index (χ4v) is 5.47. The van der Waals surface area contributed by atoms with Gasteiger partial charge in [0.2, 0.25) is 5.91 Å². The van der Waals surface area contributed by atoms with Crippen LogP contribution in [0.4, 0.5) is 26.3 Å². The van der Waals surface area contributed by atoms with Gasteiger partial charge in [-0.25, -0.2) is 0 Å². The van der Waals surface area contributed by atoms with Crippen molar-refractivity contribution in [1.29, 1.82) is 0 Å². The summed E-state index contributed by atoms with van der Waals surface area (Å²) in [6.45, 7) is 0.178. The van der Waals surface area contributed by atoms with E-state index >= 15 is 0 Å². The summed E-state index contributed by atoms with van der Waals surface area (Å²) in [5.74, 6) is -5.93. The number of Topliss-reactive ketones (excluding diaryl/α,β-unsaturated/α-hetero) is 2. The highest BCUT2D eigenvalue weighted by atomic mass is 32.2. The molecule has 3 rings (SSSR count). The molecule has 1 amide bonds. The monoisotopic (exact) mass is 615 g/mol. The Morgan fingerprint density at radius 1 is 0.929 bits per heavy atom. The number of halogens is 6. The normalized spacial score (nSPS) is 17.1. The summed E-state index contributed by atoms with van der Waals surface area (Å²) in [6.07, 6.45) is -15.9. The molecule has 0 aromatic heterocycles. The van der Waals surface area contributed by atoms with Crippen LogP contribution in [0.5, 0.6) is 0 Å². The lowest BCUT2D eigenvalue weighted by molar-refractivity contribution is -0.152. The van der Waals surface area contributed by atoms with E-state index in [-0.39, 0.29) is 18.7 Å². The molecule has 3 N–H and O–H groups in total. The highest BCUT2D eigenvalue weighted by Gasteiger charge is 2.41. The van der Waals surface area contributed by atoms with E-state index in [2.05, 4.69) is 10.3 Å². The zero-order chi connectivity index (χ0) is 30.9. The van der Waals surface area contributed by atoms with E-state index in [0.29, 0.717) is 28.2 Å². The highest BCUT2D eigenvalue weighted by Crippen LogP contribution is 2.34. The van der Waals surface area contributed by atoms with E-state index in [0.717, 1.165) is 11.8 Å². The first-order chi connectivity index (χ1) is 19.8. The average molecular weight is 616 g/mol. The number of carbonyl (C=O) groups excluding carboxylic acids is 3. The Morgan fingerprint density at radius 2 is 1.52 bits per heavy atom. The number of fused-ring (bicyclic) bond motifs is 1. The van der Waals surface area contributed by atoms with Crippen molar-refractivity contribution in [3.63, 3.8) is 0 Å². The Kier molecular flexibility index (Phi) is 11.7. The minimum atomic E-state index is -4.73. The van der Waals surface area contributed by atoms with Gasteiger partial charge in [-0.15, -0.1) is 0 Å². The standard InChI is InChI=1S/C29H31F6N3O3S/c30-28(31,32)12-10-21(24(40)17-42-15-14-36)22(11-13-29(33,34)35)27(41)38-26-23(39)16-19-8-4-5-9-20(19)25(37-26)18-6-2-1-3-7-18/h1-9,21-22,26H,10-17,36H2,(H,38,41)/t21-,22+,26+/m0/s1. The molecule has 2 aromatic carbocycles. The fraction of sp³-hybridized carbons (Fsp3) is 0.448. The van der Waals surface area contributed by atoms with Crippen LogP contribution < -0.4 is 11.1 Å². The molecule has 0 radical (unpaired) electrons. The molecule has 13 heteroatoms. The third-order valence-electron chi connectivity index (χ3n) is 6.75. The summed E-state index contributed by atoms with van der Waals surface area (Å²) in [6, 6.07) is 15.7. The van der Waals surface area contributed by atoms with Crippen molar-refractivity contribution < 1.29 is 40.7 Å². The van der Waals surface area contributed by atoms with Gasteiger partial charge in [-0.3, -0.25) is 19.4 Å². The van der Waals surface area contributed by atoms with E-state index in [1.807, 2.05) is 0 Å². The summed E-state index contributed by atoms with van der Waals surface area (Å²) in [4.78, 5) is 44.3. The van der Waals surface area contributed by atoms with Gasteiger partial charge in [0.15, 0.2) is 11.9 Å². The summed E-state index contributed by atoms with van der Waals surface area (Å²) < 4.78 is 79.2. The lowest BCUT2D eigenvalue weighted by atomic mass is 9.81. The molecule has 0 aliphatic carbocycles. The largest absolute Gasteiger partial charge is 0.389 e. The third-order valence-corrected chi connectivity index (χ3v) is 7.76. The second-order valence-electron chi connectivity index (χ2n) is 9.88. The Bertz CT molecular complexity index is 1270. The van der Waals surface area contributed by atoms with E-state index < -0.39 is 73.5 Å². The number of amides is 1. The summed E-state index contributed by atoms with van der Waals surface area (Å²) in [5.41, 5.74) is 7.62. The number of nitrogens with one attached hydrogen (secondary N) is 1. The van der Waals surface area contributed by atoms with Gasteiger partial charge in [0.05, 0.1) is 11.5 Å². The van der Waals surface area contributed by atoms with Crippen molar-refractivity contribution in [2.75, 3.05) is 18.1 Å². The number of thioether (sulfide) groups is 1. The molecule has 6 nitrogen and oxygen atoms in total. The first kappa shape index (κ1) is 33.3. The first-order valence-electron chi connectivity index (χ1n) is 13.3. The Labute approximate surface area is 243 Å². The smallest absolute Gasteiger partial charge is 0.330 e. The van der Waals surface area contributed by atoms with Gasteiger partial charge >= 0.3 is 12.4 Å². The van der Waals surface area contributed by atoms with Gasteiger partial charge in [0, 0.05) is 54.5 Å². The van der Waals surface area contributed by atoms with Crippen molar-refractivity contribution in [2.45, 2.75) is 50.6 Å². The average Bonchev–Trinajstić information content (AvgIpc) is 3.05. The van der Waals surface area contributed by atoms with Crippen LogP contribution in [-0.2, 0) is 20.8 Å². The predicted octanol–water partition coefficient (Wildman–Crippen LogP) is 5.27. The van der Waals surface area contributed by atoms with Crippen molar-refractivity contribution in [1.82, 2.24) is 5.32 Å². The lowest BCUT2D eigenvalue weighted by Crippen LogP contribution is -2.46. The highest BCUT2D eigenvalue weighted by molar-refractivity contribution is 7.99. The summed E-state index contributed by atoms with van der Waals surface area (Å²) >= 11 is 1.02. The zero-order valence-corrected chi connectivity index (χ0v) is 23.3. The van der Waals surface area contributed by atoms with E-state index in [4.69, 9.17) is 5.73 Å². The molecule has 1 heterocycles. The molecule has 0 unspecified atom stereocenters. The first-order valence-corrected chi connectivity index (χ1v) is 14.4. The quantitative estimate of drug-likeness (QED) is 0.236. The third kappa shape index (κ3) is 9.97. The molecule has 0 saturated heterocycles. The van der Waals surface area contributed by atoms with Crippen LogP contribution in [0.3, 0.4) is 0 Å². The van der Waals surface area contributed by atoms with E-state index in [1.54, 1.807) is 54.6 Å². The molecule has 0 saturated carbocycles. The van der Waals surface area contributed by atoms with Gasteiger partial charge < -0.3 is 11.1 Å². The Hall–Kier alpha value is -3.19. The molecule has 2 aromatic rings. The number of benzene rings is 2. The summed E-state index contributed by atoms with van der Waals surface area (Å²) in [7, 11) is 0. The van der Waals surface area contributed by atoms with E-state index in [9.17, 15) is 40.7 Å². The molecular weight excluding hydrogens is 584 g/mol. The van der Waals surface area contributed by atoms with Crippen LogP contribution in [0.25, 0.3) is 0 Å². The molecular formula is C29H31F6N3O3S. The lowest BCUT2D eigenvalue weighted by Gasteiger charge is -2.27. The maximum Gasteiger partial charge on any atom is 0.389 e. The van der Waals surface area contributed by atoms with Crippen molar-refractivity contribution in [2.24, 2.45) is 22.6 Å². The minimum absolute atomic E-state index is 0.152. The number of ketones is 2. The maximum absolute atomic E-state index is 13.5. The van der Waals surface area contributed by atoms with Crippen molar-refractivity contribution in [3.8, 4) is 0 Å². The van der Waals surface area contributed by atoms with Crippen molar-refractivity contribution >= 4 is 34.9 Å². The van der Waals surface area contributed by atoms with E-state index in [1.165, 1.54) is 0 Å². The maximum atomic E-state index is 13.5. The number of nitrogens with two attached hydrogens (primary N) is 1. The second-order valence-corrected chi connectivity index (χ2v) is 11.0. The van der Waals surface area contributed by atoms with Gasteiger partial charge in [0.25, 0.3) is 0 Å². The summed E-state index contributed by atoms with van der Waals surface area (Å²) in [5, 5.41) is 2.38. The number of hydrogen-bond donors (Lipinski definition) is 2. The molecule has 1 aliphatic rings. The Balaban J connectivity index is 1.98. The number of alkyl halides is 6. The van der Waals surface area contributed by atoms with Crippen LogP contribution in [-0.4, -0.2) is 59.8 Å². The number of aliphatic imine (C=N–C) groups is 1. The molecule has 228 valence electrons. The number of rotatable bonds is 13. The van der Waals surface area contributed by atoms with Crippen LogP contribution >= 0.6 is 11.8 Å². The minimum Gasteiger partial charge on any atom is -0.330 e. The SMILES string of the molecule is NCCSCC(=O)[C@@H](CCC(F)(F)F)[C@@H](CCC(F)(F)F)C(=O)N[C@H]1N=C(c2ccccc2)c2ccccc2CC1=O. The molecule has 42 heavy (non-hydrogen) atoms. The molecule has 0 spiro atoms. The number of nitrogens with zero attached hydrogens (tertiary/aromatic N) is 1. The van der Waals surface area contributed by atoms with Crippen LogP contribution in [0.15, 0.2) is 59.6 Å². The number of hydrogen-bond acceptors (Lipinski definition) is 6. The fourth-order valence-electron chi connectivity index (χ4n) is 4.74. The van der Waals surface area contributed by atoms with Gasteiger partial charge in [0.1, 0.15) is 5.78 Å². The van der Waals surface area contributed by atoms with Crippen LogP contribution in [0.1, 0.15) is 42.4 Å². The van der Waals surface area contributed by atoms with Crippen LogP contribution in [0.2, 0.25) is 0 Å².